The fraction of sp³-hybridized carbons (Fsp3) is 0.171. The standard InChI is InChI=1S/C41H37N5O7S2/c1-26(37(47)44-40-36(41(50)53-2)32-20-21-45(25-35(32)55-40)24-27-12-5-3-6-13-27)54-31-18-11-17-30(23-31)42-39(49)33(43-38(48)28-14-7-4-8-15-28)22-29-16-9-10-19-34(29)46(51)52/h3-19,22-23,26H,20-21,24-25H2,1-2H3,(H,42,49)(H,43,48)(H,44,47)/b33-22+. The fourth-order valence-electron chi connectivity index (χ4n) is 6.03. The second kappa shape index (κ2) is 17.8. The minimum atomic E-state index is -0.713. The SMILES string of the molecule is COC(=O)c1c(NC(=O)C(C)Sc2cccc(NC(=O)/C(=C\c3ccccc3[N+](=O)[O-])NC(=O)c3ccccc3)c2)sc2c1CCN(Cc1ccccc1)C2. The molecule has 0 fully saturated rings. The van der Waals surface area contributed by atoms with Gasteiger partial charge in [0.15, 0.2) is 0 Å². The minimum Gasteiger partial charge on any atom is -0.465 e. The van der Waals surface area contributed by atoms with E-state index in [0.717, 1.165) is 23.5 Å². The second-order valence-corrected chi connectivity index (χ2v) is 15.1. The number of carbonyl (C=O) groups excluding carboxylic acids is 4. The summed E-state index contributed by atoms with van der Waals surface area (Å²) in [4.78, 5) is 68.3. The molecule has 5 aromatic rings. The number of para-hydroxylation sites is 1. The number of nitrogens with zero attached hydrogens (tertiary/aromatic N) is 2. The first-order valence-corrected chi connectivity index (χ1v) is 19.0. The van der Waals surface area contributed by atoms with E-state index in [0.29, 0.717) is 39.7 Å². The summed E-state index contributed by atoms with van der Waals surface area (Å²) in [6.07, 6.45) is 1.90. The van der Waals surface area contributed by atoms with Crippen LogP contribution in [0.15, 0.2) is 120 Å². The molecular formula is C41H37N5O7S2. The van der Waals surface area contributed by atoms with Crippen molar-refractivity contribution < 1.29 is 28.8 Å². The molecule has 4 aromatic carbocycles. The number of hydrogen-bond acceptors (Lipinski definition) is 10. The average Bonchev–Trinajstić information content (AvgIpc) is 3.55. The summed E-state index contributed by atoms with van der Waals surface area (Å²) in [5, 5.41) is 19.9. The highest BCUT2D eigenvalue weighted by atomic mass is 32.2. The molecule has 55 heavy (non-hydrogen) atoms. The maximum atomic E-state index is 13.6. The molecule has 6 rings (SSSR count). The number of carbonyl (C=O) groups is 4. The Labute approximate surface area is 325 Å². The maximum absolute atomic E-state index is 13.6. The summed E-state index contributed by atoms with van der Waals surface area (Å²) in [6, 6.07) is 31.1. The summed E-state index contributed by atoms with van der Waals surface area (Å²) < 4.78 is 5.12. The molecule has 0 saturated heterocycles. The van der Waals surface area contributed by atoms with Gasteiger partial charge < -0.3 is 20.7 Å². The van der Waals surface area contributed by atoms with Crippen LogP contribution in [-0.4, -0.2) is 52.4 Å². The molecule has 1 aliphatic heterocycles. The summed E-state index contributed by atoms with van der Waals surface area (Å²) >= 11 is 2.64. The summed E-state index contributed by atoms with van der Waals surface area (Å²) in [7, 11) is 1.33. The van der Waals surface area contributed by atoms with E-state index >= 15 is 0 Å². The fourth-order valence-corrected chi connectivity index (χ4v) is 8.24. The second-order valence-electron chi connectivity index (χ2n) is 12.6. The first kappa shape index (κ1) is 38.6. The minimum absolute atomic E-state index is 0.126. The molecule has 0 spiro atoms. The summed E-state index contributed by atoms with van der Waals surface area (Å²) in [5.41, 5.74) is 2.82. The molecule has 1 atom stereocenters. The van der Waals surface area contributed by atoms with Gasteiger partial charge in [-0.15, -0.1) is 23.1 Å². The number of thiophene rings is 1. The van der Waals surface area contributed by atoms with E-state index in [-0.39, 0.29) is 22.9 Å². The number of hydrogen-bond donors (Lipinski definition) is 3. The van der Waals surface area contributed by atoms with Crippen molar-refractivity contribution in [1.82, 2.24) is 10.2 Å². The highest BCUT2D eigenvalue weighted by Gasteiger charge is 2.30. The molecule has 0 aliphatic carbocycles. The summed E-state index contributed by atoms with van der Waals surface area (Å²) in [5.74, 6) is -2.10. The number of esters is 1. The van der Waals surface area contributed by atoms with Gasteiger partial charge in [0.2, 0.25) is 5.91 Å². The van der Waals surface area contributed by atoms with E-state index < -0.39 is 28.0 Å². The van der Waals surface area contributed by atoms with Crippen LogP contribution in [0, 0.1) is 10.1 Å². The number of fused-ring (bicyclic) bond motifs is 1. The van der Waals surface area contributed by atoms with Gasteiger partial charge in [-0.2, -0.15) is 0 Å². The summed E-state index contributed by atoms with van der Waals surface area (Å²) in [6.45, 7) is 3.92. The van der Waals surface area contributed by atoms with Crippen LogP contribution in [-0.2, 0) is 33.8 Å². The van der Waals surface area contributed by atoms with Crippen LogP contribution in [0.2, 0.25) is 0 Å². The lowest BCUT2D eigenvalue weighted by molar-refractivity contribution is -0.385. The Morgan fingerprint density at radius 2 is 1.65 bits per heavy atom. The zero-order valence-corrected chi connectivity index (χ0v) is 31.6. The van der Waals surface area contributed by atoms with Gasteiger partial charge in [0.25, 0.3) is 17.5 Å². The molecule has 1 unspecified atom stereocenters. The van der Waals surface area contributed by atoms with Crippen molar-refractivity contribution in [2.75, 3.05) is 24.3 Å². The van der Waals surface area contributed by atoms with Crippen LogP contribution in [0.25, 0.3) is 6.08 Å². The van der Waals surface area contributed by atoms with Crippen molar-refractivity contribution in [3.05, 3.63) is 158 Å². The molecule has 3 amide bonds. The third-order valence-corrected chi connectivity index (χ3v) is 11.0. The first-order chi connectivity index (χ1) is 26.6. The topological polar surface area (TPSA) is 160 Å². The monoisotopic (exact) mass is 775 g/mol. The third-order valence-electron chi connectivity index (χ3n) is 8.75. The zero-order chi connectivity index (χ0) is 38.9. The largest absolute Gasteiger partial charge is 0.465 e. The molecule has 0 bridgehead atoms. The van der Waals surface area contributed by atoms with Gasteiger partial charge in [0.05, 0.1) is 28.4 Å². The molecule has 1 aliphatic rings. The highest BCUT2D eigenvalue weighted by Crippen LogP contribution is 2.39. The van der Waals surface area contributed by atoms with Crippen LogP contribution in [0.3, 0.4) is 0 Å². The van der Waals surface area contributed by atoms with Gasteiger partial charge in [-0.1, -0.05) is 66.7 Å². The number of benzene rings is 4. The molecule has 12 nitrogen and oxygen atoms in total. The van der Waals surface area contributed by atoms with Crippen LogP contribution >= 0.6 is 23.1 Å². The molecular weight excluding hydrogens is 739 g/mol. The molecule has 0 saturated carbocycles. The Kier molecular flexibility index (Phi) is 12.5. The number of nitrogens with one attached hydrogen (secondary N) is 3. The van der Waals surface area contributed by atoms with E-state index in [1.807, 2.05) is 18.2 Å². The molecule has 3 N–H and O–H groups in total. The molecule has 280 valence electrons. The maximum Gasteiger partial charge on any atom is 0.341 e. The van der Waals surface area contributed by atoms with Gasteiger partial charge in [-0.05, 0) is 66.9 Å². The Morgan fingerprint density at radius 1 is 0.945 bits per heavy atom. The number of nitro benzene ring substituents is 1. The Balaban J connectivity index is 1.16. The molecule has 2 heterocycles. The van der Waals surface area contributed by atoms with E-state index in [1.165, 1.54) is 60.0 Å². The smallest absolute Gasteiger partial charge is 0.341 e. The predicted octanol–water partition coefficient (Wildman–Crippen LogP) is 7.53. The van der Waals surface area contributed by atoms with Crippen molar-refractivity contribution in [1.29, 1.82) is 0 Å². The first-order valence-electron chi connectivity index (χ1n) is 17.3. The lowest BCUT2D eigenvalue weighted by Crippen LogP contribution is -2.30. The van der Waals surface area contributed by atoms with Gasteiger partial charge in [0.1, 0.15) is 10.7 Å². The van der Waals surface area contributed by atoms with Crippen molar-refractivity contribution in [3.8, 4) is 0 Å². The van der Waals surface area contributed by atoms with Crippen molar-refractivity contribution in [2.45, 2.75) is 36.6 Å². The Bertz CT molecular complexity index is 2260. The Hall–Kier alpha value is -6.09. The molecule has 1 aromatic heterocycles. The number of ether oxygens (including phenoxy) is 1. The van der Waals surface area contributed by atoms with E-state index in [4.69, 9.17) is 4.74 Å². The van der Waals surface area contributed by atoms with Gasteiger partial charge >= 0.3 is 5.97 Å². The number of amides is 3. The van der Waals surface area contributed by atoms with Crippen molar-refractivity contribution in [2.24, 2.45) is 0 Å². The molecule has 14 heteroatoms. The number of anilines is 2. The number of thioether (sulfide) groups is 1. The third kappa shape index (κ3) is 9.72. The quantitative estimate of drug-likeness (QED) is 0.0361. The van der Waals surface area contributed by atoms with Crippen LogP contribution < -0.4 is 16.0 Å². The van der Waals surface area contributed by atoms with E-state index in [2.05, 4.69) is 33.0 Å². The highest BCUT2D eigenvalue weighted by molar-refractivity contribution is 8.00. The van der Waals surface area contributed by atoms with Crippen LogP contribution in [0.5, 0.6) is 0 Å². The molecule has 0 radical (unpaired) electrons. The van der Waals surface area contributed by atoms with E-state index in [9.17, 15) is 29.3 Å². The number of methoxy groups -OCH3 is 1. The lowest BCUT2D eigenvalue weighted by Gasteiger charge is -2.27. The van der Waals surface area contributed by atoms with Crippen LogP contribution in [0.4, 0.5) is 16.4 Å². The van der Waals surface area contributed by atoms with Gasteiger partial charge in [0, 0.05) is 46.7 Å². The number of nitro groups is 1. The van der Waals surface area contributed by atoms with Crippen molar-refractivity contribution in [3.63, 3.8) is 0 Å². The predicted molar refractivity (Wildman–Crippen MR) is 214 cm³/mol. The normalized spacial score (nSPS) is 13.2. The van der Waals surface area contributed by atoms with Gasteiger partial charge in [-0.25, -0.2) is 4.79 Å². The average molecular weight is 776 g/mol. The zero-order valence-electron chi connectivity index (χ0n) is 29.9. The van der Waals surface area contributed by atoms with E-state index in [1.54, 1.807) is 67.6 Å². The van der Waals surface area contributed by atoms with Gasteiger partial charge in [-0.3, -0.25) is 29.4 Å². The van der Waals surface area contributed by atoms with Crippen molar-refractivity contribution >= 4 is 69.2 Å². The Morgan fingerprint density at radius 3 is 2.38 bits per heavy atom. The van der Waals surface area contributed by atoms with Crippen LogP contribution in [0.1, 0.15) is 49.2 Å². The number of rotatable bonds is 13. The lowest BCUT2D eigenvalue weighted by atomic mass is 10.0.